The Balaban J connectivity index is 2.10. The van der Waals surface area contributed by atoms with Crippen LogP contribution in [-0.2, 0) is 10.2 Å². The fourth-order valence-electron chi connectivity index (χ4n) is 2.89. The molecule has 0 bridgehead atoms. The molecule has 27 heavy (non-hydrogen) atoms. The second-order valence-electron chi connectivity index (χ2n) is 7.92. The third-order valence-electron chi connectivity index (χ3n) is 4.53. The van der Waals surface area contributed by atoms with Crippen molar-refractivity contribution in [1.29, 1.82) is 0 Å². The predicted molar refractivity (Wildman–Crippen MR) is 111 cm³/mol. The summed E-state index contributed by atoms with van der Waals surface area (Å²) in [6.07, 6.45) is 0.795. The van der Waals surface area contributed by atoms with E-state index < -0.39 is 0 Å². The molecule has 2 rings (SSSR count). The minimum atomic E-state index is -0.183. The van der Waals surface area contributed by atoms with Crippen LogP contribution in [0.2, 0.25) is 0 Å². The van der Waals surface area contributed by atoms with E-state index in [1.165, 1.54) is 5.56 Å². The highest BCUT2D eigenvalue weighted by Gasteiger charge is 2.20. The highest BCUT2D eigenvalue weighted by molar-refractivity contribution is 5.99. The van der Waals surface area contributed by atoms with Gasteiger partial charge in [0.1, 0.15) is 6.54 Å². The zero-order chi connectivity index (χ0) is 20.0. The number of benzene rings is 2. The Morgan fingerprint density at radius 1 is 1.00 bits per heavy atom. The zero-order valence-corrected chi connectivity index (χ0v) is 17.0. The Hall–Kier alpha value is -2.62. The smallest absolute Gasteiger partial charge is 0.254 e. The number of hydrogen-bond acceptors (Lipinski definition) is 2. The van der Waals surface area contributed by atoms with Crippen LogP contribution in [0.3, 0.4) is 0 Å². The molecule has 4 heteroatoms. The molecule has 0 spiro atoms. The molecule has 2 aromatic carbocycles. The quantitative estimate of drug-likeness (QED) is 0.799. The van der Waals surface area contributed by atoms with Crippen molar-refractivity contribution in [2.24, 2.45) is 0 Å². The maximum Gasteiger partial charge on any atom is 0.254 e. The second kappa shape index (κ2) is 8.85. The minimum absolute atomic E-state index is 0.0398. The molecule has 0 aliphatic heterocycles. The normalized spacial score (nSPS) is 11.1. The molecule has 0 fully saturated rings. The summed E-state index contributed by atoms with van der Waals surface area (Å²) in [5, 5.41) is 2.90. The van der Waals surface area contributed by atoms with Gasteiger partial charge in [-0.05, 0) is 48.1 Å². The summed E-state index contributed by atoms with van der Waals surface area (Å²) in [5.41, 5.74) is 3.61. The van der Waals surface area contributed by atoms with Crippen LogP contribution in [0.1, 0.15) is 55.6 Å². The molecule has 0 atom stereocenters. The van der Waals surface area contributed by atoms with Crippen molar-refractivity contribution < 1.29 is 9.59 Å². The number of amides is 2. The molecule has 0 aliphatic rings. The van der Waals surface area contributed by atoms with Gasteiger partial charge in [0.25, 0.3) is 5.91 Å². The number of nitrogens with one attached hydrogen (secondary N) is 1. The van der Waals surface area contributed by atoms with E-state index in [0.29, 0.717) is 12.1 Å². The molecule has 4 nitrogen and oxygen atoms in total. The van der Waals surface area contributed by atoms with Gasteiger partial charge in [-0.1, -0.05) is 58.0 Å². The van der Waals surface area contributed by atoms with E-state index in [1.807, 2.05) is 62.4 Å². The van der Waals surface area contributed by atoms with Gasteiger partial charge in [-0.15, -0.1) is 0 Å². The van der Waals surface area contributed by atoms with E-state index in [0.717, 1.165) is 17.7 Å². The Labute approximate surface area is 162 Å². The Bertz CT molecular complexity index is 789. The van der Waals surface area contributed by atoms with E-state index in [2.05, 4.69) is 26.1 Å². The second-order valence-corrected chi connectivity index (χ2v) is 7.92. The van der Waals surface area contributed by atoms with Crippen LogP contribution < -0.4 is 5.32 Å². The molecule has 0 heterocycles. The van der Waals surface area contributed by atoms with E-state index >= 15 is 0 Å². The first kappa shape index (κ1) is 20.7. The van der Waals surface area contributed by atoms with Gasteiger partial charge in [0.2, 0.25) is 5.91 Å². The highest BCUT2D eigenvalue weighted by atomic mass is 16.2. The first-order valence-corrected chi connectivity index (χ1v) is 9.47. The van der Waals surface area contributed by atoms with Gasteiger partial charge >= 0.3 is 0 Å². The molecule has 0 radical (unpaired) electrons. The van der Waals surface area contributed by atoms with Crippen LogP contribution in [0.15, 0.2) is 48.5 Å². The summed E-state index contributed by atoms with van der Waals surface area (Å²) in [7, 11) is 0. The lowest BCUT2D eigenvalue weighted by atomic mass is 9.86. The first-order chi connectivity index (χ1) is 12.7. The van der Waals surface area contributed by atoms with Gasteiger partial charge in [-0.25, -0.2) is 0 Å². The van der Waals surface area contributed by atoms with Crippen LogP contribution >= 0.6 is 0 Å². The molecule has 0 aliphatic carbocycles. The number of nitrogens with zero attached hydrogens (tertiary/aromatic N) is 1. The zero-order valence-electron chi connectivity index (χ0n) is 17.0. The summed E-state index contributed by atoms with van der Waals surface area (Å²) in [6.45, 7) is 11.0. The maximum absolute atomic E-state index is 12.9. The SMILES string of the molecule is CCCN(CC(=O)Nc1ccccc1C)C(=O)c1ccc(C(C)(C)C)cc1. The number of hydrogen-bond donors (Lipinski definition) is 1. The topological polar surface area (TPSA) is 49.4 Å². The van der Waals surface area contributed by atoms with E-state index in [1.54, 1.807) is 4.90 Å². The molecule has 144 valence electrons. The van der Waals surface area contributed by atoms with Crippen LogP contribution in [0.5, 0.6) is 0 Å². The van der Waals surface area contributed by atoms with Crippen molar-refractivity contribution in [3.63, 3.8) is 0 Å². The van der Waals surface area contributed by atoms with E-state index in [9.17, 15) is 9.59 Å². The largest absolute Gasteiger partial charge is 0.329 e. The van der Waals surface area contributed by atoms with Crippen LogP contribution in [0, 0.1) is 6.92 Å². The summed E-state index contributed by atoms with van der Waals surface area (Å²) in [5.74, 6) is -0.297. The number of para-hydroxylation sites is 1. The number of carbonyl (C=O) groups is 2. The summed E-state index contributed by atoms with van der Waals surface area (Å²) in [6, 6.07) is 15.3. The van der Waals surface area contributed by atoms with Crippen LogP contribution in [0.25, 0.3) is 0 Å². The summed E-state index contributed by atoms with van der Waals surface area (Å²) < 4.78 is 0. The Kier molecular flexibility index (Phi) is 6.78. The molecule has 0 saturated heterocycles. The van der Waals surface area contributed by atoms with Gasteiger partial charge < -0.3 is 10.2 Å². The van der Waals surface area contributed by atoms with Gasteiger partial charge in [-0.2, -0.15) is 0 Å². The van der Waals surface area contributed by atoms with Gasteiger partial charge in [-0.3, -0.25) is 9.59 Å². The average Bonchev–Trinajstić information content (AvgIpc) is 2.62. The van der Waals surface area contributed by atoms with Crippen LogP contribution in [0.4, 0.5) is 5.69 Å². The lowest BCUT2D eigenvalue weighted by Crippen LogP contribution is -2.38. The third-order valence-corrected chi connectivity index (χ3v) is 4.53. The Morgan fingerprint density at radius 3 is 2.19 bits per heavy atom. The average molecular weight is 367 g/mol. The van der Waals surface area contributed by atoms with E-state index in [-0.39, 0.29) is 23.8 Å². The van der Waals surface area contributed by atoms with Crippen LogP contribution in [-0.4, -0.2) is 29.8 Å². The maximum atomic E-state index is 12.9. The third kappa shape index (κ3) is 5.68. The molecule has 1 N–H and O–H groups in total. The molecule has 2 aromatic rings. The van der Waals surface area contributed by atoms with Gasteiger partial charge in [0.15, 0.2) is 0 Å². The number of rotatable bonds is 6. The first-order valence-electron chi connectivity index (χ1n) is 9.47. The van der Waals surface area contributed by atoms with E-state index in [4.69, 9.17) is 0 Å². The molecule has 0 saturated carbocycles. The van der Waals surface area contributed by atoms with Gasteiger partial charge in [0.05, 0.1) is 0 Å². The molecule has 0 aromatic heterocycles. The lowest BCUT2D eigenvalue weighted by Gasteiger charge is -2.23. The predicted octanol–water partition coefficient (Wildman–Crippen LogP) is 4.78. The van der Waals surface area contributed by atoms with Crippen molar-refractivity contribution in [2.45, 2.75) is 46.5 Å². The van der Waals surface area contributed by atoms with Crippen molar-refractivity contribution in [3.8, 4) is 0 Å². The summed E-state index contributed by atoms with van der Waals surface area (Å²) >= 11 is 0. The van der Waals surface area contributed by atoms with Gasteiger partial charge in [0, 0.05) is 17.8 Å². The number of carbonyl (C=O) groups excluding carboxylic acids is 2. The van der Waals surface area contributed by atoms with Crippen molar-refractivity contribution in [3.05, 3.63) is 65.2 Å². The highest BCUT2D eigenvalue weighted by Crippen LogP contribution is 2.22. The molecule has 0 unspecified atom stereocenters. The van der Waals surface area contributed by atoms with Crippen molar-refractivity contribution in [1.82, 2.24) is 4.90 Å². The lowest BCUT2D eigenvalue weighted by molar-refractivity contribution is -0.116. The van der Waals surface area contributed by atoms with Crippen molar-refractivity contribution >= 4 is 17.5 Å². The van der Waals surface area contributed by atoms with Crippen molar-refractivity contribution in [2.75, 3.05) is 18.4 Å². The molecular formula is C23H30N2O2. The molecular weight excluding hydrogens is 336 g/mol. The fourth-order valence-corrected chi connectivity index (χ4v) is 2.89. The summed E-state index contributed by atoms with van der Waals surface area (Å²) in [4.78, 5) is 27.0. The monoisotopic (exact) mass is 366 g/mol. The standard InChI is InChI=1S/C23H30N2O2/c1-6-15-25(16-21(26)24-20-10-8-7-9-17(20)2)22(27)18-11-13-19(14-12-18)23(3,4)5/h7-14H,6,15-16H2,1-5H3,(H,24,26). The number of anilines is 1. The fraction of sp³-hybridized carbons (Fsp3) is 0.391. The minimum Gasteiger partial charge on any atom is -0.329 e. The molecule has 2 amide bonds. The Morgan fingerprint density at radius 2 is 1.63 bits per heavy atom. The number of aryl methyl sites for hydroxylation is 1.